The smallest absolute Gasteiger partial charge is 0.312 e. The molecular weight excluding hydrogens is 448 g/mol. The Balaban J connectivity index is 1.68. The molecule has 0 atom stereocenters. The number of nitro benzene ring substituents is 1. The van der Waals surface area contributed by atoms with Gasteiger partial charge in [0.1, 0.15) is 11.3 Å². The van der Waals surface area contributed by atoms with E-state index in [9.17, 15) is 20.0 Å². The molecule has 0 amide bonds. The normalized spacial score (nSPS) is 12.0. The van der Waals surface area contributed by atoms with Gasteiger partial charge in [0.05, 0.1) is 11.3 Å². The zero-order valence-corrected chi connectivity index (χ0v) is 19.5. The summed E-state index contributed by atoms with van der Waals surface area (Å²) in [6.07, 6.45) is 1.16. The molecule has 0 bridgehead atoms. The van der Waals surface area contributed by atoms with Crippen LogP contribution in [-0.2, 0) is 10.2 Å². The van der Waals surface area contributed by atoms with Crippen LogP contribution in [0.25, 0.3) is 22.7 Å². The maximum absolute atomic E-state index is 11.8. The van der Waals surface area contributed by atoms with Gasteiger partial charge in [-0.3, -0.25) is 14.9 Å². The van der Waals surface area contributed by atoms with Crippen molar-refractivity contribution in [2.24, 2.45) is 0 Å². The van der Waals surface area contributed by atoms with Gasteiger partial charge in [-0.2, -0.15) is 0 Å². The first-order chi connectivity index (χ1) is 16.6. The first kappa shape index (κ1) is 23.7. The van der Waals surface area contributed by atoms with E-state index < -0.39 is 10.9 Å². The average molecular weight is 472 g/mol. The van der Waals surface area contributed by atoms with Gasteiger partial charge in [-0.15, -0.1) is 0 Å². The average Bonchev–Trinajstić information content (AvgIpc) is 3.23. The molecule has 0 aliphatic heterocycles. The maximum Gasteiger partial charge on any atom is 0.312 e. The van der Waals surface area contributed by atoms with E-state index in [1.807, 2.05) is 12.1 Å². The number of rotatable bonds is 7. The van der Waals surface area contributed by atoms with Gasteiger partial charge in [0.2, 0.25) is 11.6 Å². The number of fused-ring (bicyclic) bond motifs is 1. The highest BCUT2D eigenvalue weighted by Crippen LogP contribution is 2.35. The Morgan fingerprint density at radius 2 is 1.83 bits per heavy atom. The molecule has 1 aromatic heterocycles. The van der Waals surface area contributed by atoms with Gasteiger partial charge >= 0.3 is 11.7 Å². The molecule has 0 aliphatic carbocycles. The number of carboxylic acid groups (broad SMARTS) is 1. The number of nitrogens with zero attached hydrogens (tertiary/aromatic N) is 2. The standard InChI is InChI=1S/C27H24N2O6/c1-27(2,3)19-9-11-20(12-10-19)34-24-13-8-17(15-22(24)29(32)33)14-18(16-25(30)31)26-28-21-6-4-5-7-23(21)35-26/h4-15H,16H2,1-3H3,(H,30,31). The van der Waals surface area contributed by atoms with Crippen molar-refractivity contribution in [2.45, 2.75) is 32.6 Å². The van der Waals surface area contributed by atoms with Crippen LogP contribution in [0.1, 0.15) is 44.2 Å². The third kappa shape index (κ3) is 5.55. The van der Waals surface area contributed by atoms with E-state index in [0.29, 0.717) is 22.4 Å². The summed E-state index contributed by atoms with van der Waals surface area (Å²) in [7, 11) is 0. The number of hydrogen-bond donors (Lipinski definition) is 1. The molecule has 0 saturated carbocycles. The Labute approximate surface area is 201 Å². The summed E-state index contributed by atoms with van der Waals surface area (Å²) in [4.78, 5) is 27.1. The van der Waals surface area contributed by atoms with Crippen LogP contribution in [0.3, 0.4) is 0 Å². The first-order valence-electron chi connectivity index (χ1n) is 11.0. The number of benzene rings is 3. The van der Waals surface area contributed by atoms with E-state index in [2.05, 4.69) is 25.8 Å². The predicted octanol–water partition coefficient (Wildman–Crippen LogP) is 6.84. The summed E-state index contributed by atoms with van der Waals surface area (Å²) >= 11 is 0. The summed E-state index contributed by atoms with van der Waals surface area (Å²) < 4.78 is 11.5. The van der Waals surface area contributed by atoms with E-state index in [0.717, 1.165) is 5.56 Å². The predicted molar refractivity (Wildman–Crippen MR) is 132 cm³/mol. The highest BCUT2D eigenvalue weighted by molar-refractivity contribution is 5.91. The number of oxazole rings is 1. The Kier molecular flexibility index (Phi) is 6.38. The molecule has 1 N–H and O–H groups in total. The first-order valence-corrected chi connectivity index (χ1v) is 11.0. The van der Waals surface area contributed by atoms with Crippen molar-refractivity contribution in [2.75, 3.05) is 0 Å². The van der Waals surface area contributed by atoms with Crippen LogP contribution < -0.4 is 4.74 Å². The number of nitro groups is 1. The highest BCUT2D eigenvalue weighted by Gasteiger charge is 2.19. The van der Waals surface area contributed by atoms with Gasteiger partial charge in [0.25, 0.3) is 0 Å². The molecule has 4 aromatic rings. The van der Waals surface area contributed by atoms with Crippen molar-refractivity contribution < 1.29 is 24.0 Å². The van der Waals surface area contributed by atoms with E-state index in [-0.39, 0.29) is 34.7 Å². The second kappa shape index (κ2) is 9.42. The third-order valence-corrected chi connectivity index (χ3v) is 5.38. The summed E-state index contributed by atoms with van der Waals surface area (Å²) in [6, 6.07) is 18.9. The third-order valence-electron chi connectivity index (χ3n) is 5.38. The minimum atomic E-state index is -1.08. The van der Waals surface area contributed by atoms with Crippen molar-refractivity contribution >= 4 is 34.4 Å². The Bertz CT molecular complexity index is 1400. The lowest BCUT2D eigenvalue weighted by Gasteiger charge is -2.19. The molecule has 178 valence electrons. The molecule has 0 saturated heterocycles. The van der Waals surface area contributed by atoms with Gasteiger partial charge in [-0.05, 0) is 52.9 Å². The zero-order chi connectivity index (χ0) is 25.2. The number of ether oxygens (including phenoxy) is 1. The number of hydrogen-bond acceptors (Lipinski definition) is 6. The van der Waals surface area contributed by atoms with Crippen molar-refractivity contribution in [1.82, 2.24) is 4.98 Å². The fraction of sp³-hybridized carbons (Fsp3) is 0.185. The summed E-state index contributed by atoms with van der Waals surface area (Å²) in [5, 5.41) is 21.2. The quantitative estimate of drug-likeness (QED) is 0.231. The van der Waals surface area contributed by atoms with Crippen LogP contribution in [0, 0.1) is 10.1 Å². The molecule has 0 spiro atoms. The van der Waals surface area contributed by atoms with Crippen LogP contribution in [-0.4, -0.2) is 21.0 Å². The summed E-state index contributed by atoms with van der Waals surface area (Å²) in [5.74, 6) is -0.373. The minimum absolute atomic E-state index is 0.0269. The lowest BCUT2D eigenvalue weighted by atomic mass is 9.87. The molecule has 0 unspecified atom stereocenters. The molecule has 35 heavy (non-hydrogen) atoms. The molecule has 4 rings (SSSR count). The molecular formula is C27H24N2O6. The molecule has 8 heteroatoms. The van der Waals surface area contributed by atoms with Crippen molar-refractivity contribution in [3.63, 3.8) is 0 Å². The van der Waals surface area contributed by atoms with E-state index in [4.69, 9.17) is 9.15 Å². The molecule has 3 aromatic carbocycles. The summed E-state index contributed by atoms with van der Waals surface area (Å²) in [6.45, 7) is 6.29. The largest absolute Gasteiger partial charge is 0.481 e. The van der Waals surface area contributed by atoms with Gasteiger partial charge in [-0.25, -0.2) is 4.98 Å². The SMILES string of the molecule is CC(C)(C)c1ccc(Oc2ccc(C=C(CC(=O)O)c3nc4ccccc4o3)cc2[N+](=O)[O-])cc1. The number of aromatic nitrogens is 1. The monoisotopic (exact) mass is 472 g/mol. The van der Waals surface area contributed by atoms with E-state index >= 15 is 0 Å². The molecule has 8 nitrogen and oxygen atoms in total. The Morgan fingerprint density at radius 1 is 1.11 bits per heavy atom. The summed E-state index contributed by atoms with van der Waals surface area (Å²) in [5.41, 5.74) is 2.66. The van der Waals surface area contributed by atoms with Crippen LogP contribution in [0.5, 0.6) is 11.5 Å². The van der Waals surface area contributed by atoms with Crippen molar-refractivity contribution in [3.05, 3.63) is 93.9 Å². The fourth-order valence-corrected chi connectivity index (χ4v) is 3.57. The van der Waals surface area contributed by atoms with Gasteiger partial charge < -0.3 is 14.3 Å². The van der Waals surface area contributed by atoms with Crippen LogP contribution >= 0.6 is 0 Å². The fourth-order valence-electron chi connectivity index (χ4n) is 3.57. The molecule has 0 fully saturated rings. The van der Waals surface area contributed by atoms with Crippen LogP contribution in [0.4, 0.5) is 5.69 Å². The van der Waals surface area contributed by atoms with Gasteiger partial charge in [-0.1, -0.05) is 51.1 Å². The lowest BCUT2D eigenvalue weighted by molar-refractivity contribution is -0.385. The number of carboxylic acids is 1. The minimum Gasteiger partial charge on any atom is -0.481 e. The van der Waals surface area contributed by atoms with Crippen LogP contribution in [0.15, 0.2) is 71.1 Å². The molecule has 0 aliphatic rings. The lowest BCUT2D eigenvalue weighted by Crippen LogP contribution is -2.10. The Hall–Kier alpha value is -4.46. The highest BCUT2D eigenvalue weighted by atomic mass is 16.6. The number of para-hydroxylation sites is 2. The molecule has 0 radical (unpaired) electrons. The zero-order valence-electron chi connectivity index (χ0n) is 19.5. The van der Waals surface area contributed by atoms with Gasteiger partial charge in [0, 0.05) is 11.6 Å². The second-order valence-corrected chi connectivity index (χ2v) is 9.09. The van der Waals surface area contributed by atoms with E-state index in [1.165, 1.54) is 18.2 Å². The Morgan fingerprint density at radius 3 is 2.46 bits per heavy atom. The maximum atomic E-state index is 11.8. The van der Waals surface area contributed by atoms with Gasteiger partial charge in [0.15, 0.2) is 5.58 Å². The van der Waals surface area contributed by atoms with Crippen LogP contribution in [0.2, 0.25) is 0 Å². The number of aliphatic carboxylic acids is 1. The van der Waals surface area contributed by atoms with Crippen molar-refractivity contribution in [3.8, 4) is 11.5 Å². The topological polar surface area (TPSA) is 116 Å². The molecule has 1 heterocycles. The number of carbonyl (C=O) groups is 1. The van der Waals surface area contributed by atoms with Crippen molar-refractivity contribution in [1.29, 1.82) is 0 Å². The van der Waals surface area contributed by atoms with E-state index in [1.54, 1.807) is 42.5 Å². The second-order valence-electron chi connectivity index (χ2n) is 9.09.